The van der Waals surface area contributed by atoms with E-state index < -0.39 is 5.60 Å². The molecule has 2 aliphatic rings. The van der Waals surface area contributed by atoms with E-state index in [2.05, 4.69) is 27.1 Å². The lowest BCUT2D eigenvalue weighted by Crippen LogP contribution is -2.47. The predicted molar refractivity (Wildman–Crippen MR) is 133 cm³/mol. The van der Waals surface area contributed by atoms with Crippen molar-refractivity contribution in [2.24, 2.45) is 0 Å². The second-order valence-corrected chi connectivity index (χ2v) is 10.4. The van der Waals surface area contributed by atoms with Crippen LogP contribution in [0.2, 0.25) is 0 Å². The molecule has 0 aromatic rings. The van der Waals surface area contributed by atoms with Gasteiger partial charge in [-0.25, -0.2) is 4.79 Å². The predicted octanol–water partition coefficient (Wildman–Crippen LogP) is 2.41. The summed E-state index contributed by atoms with van der Waals surface area (Å²) >= 11 is 0. The van der Waals surface area contributed by atoms with Crippen molar-refractivity contribution in [1.82, 2.24) is 24.9 Å². The number of amides is 2. The summed E-state index contributed by atoms with van der Waals surface area (Å²) in [5.74, 6) is 0.168. The standard InChI is InChI=1S/C25H47N5O3/c1-25(2,3)33-24(32)26-12-9-15-28-19-21-29(22-20-28)16-10-14-27(4)13-8-11-23(31)30-17-6-5-7-18-30/h8,11H,5-7,9-10,12-22H2,1-4H3,(H,26,32)/b11-8+. The first-order chi connectivity index (χ1) is 15.7. The Bertz CT molecular complexity index is 606. The van der Waals surface area contributed by atoms with Crippen molar-refractivity contribution in [1.29, 1.82) is 0 Å². The fourth-order valence-corrected chi connectivity index (χ4v) is 4.25. The van der Waals surface area contributed by atoms with Crippen LogP contribution in [-0.4, -0.2) is 116 Å². The highest BCUT2D eigenvalue weighted by atomic mass is 16.6. The summed E-state index contributed by atoms with van der Waals surface area (Å²) in [6.07, 6.45) is 9.04. The Kier molecular flexibility index (Phi) is 12.2. The van der Waals surface area contributed by atoms with Crippen LogP contribution in [0.5, 0.6) is 0 Å². The molecule has 2 aliphatic heterocycles. The molecule has 0 radical (unpaired) electrons. The van der Waals surface area contributed by atoms with Crippen molar-refractivity contribution in [2.75, 3.05) is 79.0 Å². The highest BCUT2D eigenvalue weighted by Gasteiger charge is 2.18. The van der Waals surface area contributed by atoms with Crippen LogP contribution in [0.1, 0.15) is 52.9 Å². The molecule has 0 saturated carbocycles. The summed E-state index contributed by atoms with van der Waals surface area (Å²) in [4.78, 5) is 33.1. The smallest absolute Gasteiger partial charge is 0.407 e. The van der Waals surface area contributed by atoms with Gasteiger partial charge < -0.3 is 29.7 Å². The molecule has 8 nitrogen and oxygen atoms in total. The number of piperazine rings is 1. The van der Waals surface area contributed by atoms with E-state index in [0.717, 1.165) is 91.1 Å². The van der Waals surface area contributed by atoms with Crippen LogP contribution in [0, 0.1) is 0 Å². The number of piperidine rings is 1. The molecule has 0 atom stereocenters. The number of carbonyl (C=O) groups is 2. The Morgan fingerprint density at radius 1 is 0.939 bits per heavy atom. The molecule has 2 heterocycles. The third-order valence-corrected chi connectivity index (χ3v) is 6.14. The van der Waals surface area contributed by atoms with Crippen LogP contribution in [0.4, 0.5) is 4.79 Å². The summed E-state index contributed by atoms with van der Waals surface area (Å²) < 4.78 is 5.26. The fourth-order valence-electron chi connectivity index (χ4n) is 4.25. The quantitative estimate of drug-likeness (QED) is 0.373. The van der Waals surface area contributed by atoms with Gasteiger partial charge in [-0.2, -0.15) is 0 Å². The maximum absolute atomic E-state index is 12.2. The number of likely N-dealkylation sites (tertiary alicyclic amines) is 1. The number of alkyl carbamates (subject to hydrolysis) is 1. The van der Waals surface area contributed by atoms with E-state index in [-0.39, 0.29) is 12.0 Å². The molecule has 33 heavy (non-hydrogen) atoms. The number of hydrogen-bond acceptors (Lipinski definition) is 6. The van der Waals surface area contributed by atoms with E-state index in [1.807, 2.05) is 31.7 Å². The highest BCUT2D eigenvalue weighted by Crippen LogP contribution is 2.09. The van der Waals surface area contributed by atoms with Crippen LogP contribution in [0.15, 0.2) is 12.2 Å². The van der Waals surface area contributed by atoms with Gasteiger partial charge in [-0.05, 0) is 79.6 Å². The van der Waals surface area contributed by atoms with Gasteiger partial charge in [-0.1, -0.05) is 6.08 Å². The number of nitrogens with zero attached hydrogens (tertiary/aromatic N) is 4. The van der Waals surface area contributed by atoms with Gasteiger partial charge in [0, 0.05) is 58.4 Å². The van der Waals surface area contributed by atoms with Gasteiger partial charge >= 0.3 is 6.09 Å². The molecule has 0 spiro atoms. The second-order valence-electron chi connectivity index (χ2n) is 10.4. The van der Waals surface area contributed by atoms with Gasteiger partial charge in [0.1, 0.15) is 5.60 Å². The Morgan fingerprint density at radius 3 is 2.15 bits per heavy atom. The molecule has 0 unspecified atom stereocenters. The second kappa shape index (κ2) is 14.6. The molecule has 0 bridgehead atoms. The molecule has 0 aromatic carbocycles. The van der Waals surface area contributed by atoms with Crippen LogP contribution in [0.3, 0.4) is 0 Å². The topological polar surface area (TPSA) is 68.4 Å². The zero-order chi connectivity index (χ0) is 24.1. The molecule has 190 valence electrons. The normalized spacial score (nSPS) is 18.8. The third-order valence-electron chi connectivity index (χ3n) is 6.14. The van der Waals surface area contributed by atoms with E-state index in [4.69, 9.17) is 4.74 Å². The van der Waals surface area contributed by atoms with Gasteiger partial charge in [0.25, 0.3) is 0 Å². The molecule has 2 saturated heterocycles. The number of hydrogen-bond donors (Lipinski definition) is 1. The number of nitrogens with one attached hydrogen (secondary N) is 1. The van der Waals surface area contributed by atoms with E-state index in [1.54, 1.807) is 6.08 Å². The maximum atomic E-state index is 12.2. The summed E-state index contributed by atoms with van der Waals surface area (Å²) in [5.41, 5.74) is -0.447. The van der Waals surface area contributed by atoms with Crippen LogP contribution >= 0.6 is 0 Å². The first kappa shape index (κ1) is 27.6. The van der Waals surface area contributed by atoms with Crippen molar-refractivity contribution in [3.8, 4) is 0 Å². The zero-order valence-corrected chi connectivity index (χ0v) is 21.5. The molecule has 0 aromatic heterocycles. The lowest BCUT2D eigenvalue weighted by molar-refractivity contribution is -0.126. The third kappa shape index (κ3) is 12.4. The molecule has 1 N–H and O–H groups in total. The Balaban J connectivity index is 1.47. The molecule has 0 aliphatic carbocycles. The van der Waals surface area contributed by atoms with Crippen molar-refractivity contribution in [2.45, 2.75) is 58.5 Å². The molecule has 2 fully saturated rings. The van der Waals surface area contributed by atoms with Gasteiger partial charge in [-0.3, -0.25) is 4.79 Å². The van der Waals surface area contributed by atoms with E-state index in [1.165, 1.54) is 6.42 Å². The zero-order valence-electron chi connectivity index (χ0n) is 21.5. The molecule has 2 amide bonds. The van der Waals surface area contributed by atoms with Crippen molar-refractivity contribution < 1.29 is 14.3 Å². The number of carbonyl (C=O) groups excluding carboxylic acids is 2. The number of rotatable bonds is 11. The average molecular weight is 466 g/mol. The van der Waals surface area contributed by atoms with Crippen LogP contribution in [-0.2, 0) is 9.53 Å². The molecule has 2 rings (SSSR count). The lowest BCUT2D eigenvalue weighted by Gasteiger charge is -2.35. The summed E-state index contributed by atoms with van der Waals surface area (Å²) in [5, 5.41) is 2.83. The van der Waals surface area contributed by atoms with Crippen molar-refractivity contribution in [3.63, 3.8) is 0 Å². The van der Waals surface area contributed by atoms with E-state index >= 15 is 0 Å². The first-order valence-electron chi connectivity index (χ1n) is 12.8. The first-order valence-corrected chi connectivity index (χ1v) is 12.8. The summed E-state index contributed by atoms with van der Waals surface area (Å²) in [7, 11) is 2.12. The summed E-state index contributed by atoms with van der Waals surface area (Å²) in [6, 6.07) is 0. The fraction of sp³-hybridized carbons (Fsp3) is 0.840. The lowest BCUT2D eigenvalue weighted by atomic mass is 10.1. The van der Waals surface area contributed by atoms with Crippen molar-refractivity contribution >= 4 is 12.0 Å². The molecule has 8 heteroatoms. The van der Waals surface area contributed by atoms with Gasteiger partial charge in [0.05, 0.1) is 0 Å². The van der Waals surface area contributed by atoms with Crippen molar-refractivity contribution in [3.05, 3.63) is 12.2 Å². The monoisotopic (exact) mass is 465 g/mol. The largest absolute Gasteiger partial charge is 0.444 e. The minimum Gasteiger partial charge on any atom is -0.444 e. The summed E-state index contributed by atoms with van der Waals surface area (Å²) in [6.45, 7) is 16.5. The van der Waals surface area contributed by atoms with Gasteiger partial charge in [0.15, 0.2) is 0 Å². The van der Waals surface area contributed by atoms with E-state index in [9.17, 15) is 9.59 Å². The SMILES string of the molecule is CN(C/C=C/C(=O)N1CCCCC1)CCCN1CCN(CCCNC(=O)OC(C)(C)C)CC1. The Morgan fingerprint density at radius 2 is 1.55 bits per heavy atom. The number of ether oxygens (including phenoxy) is 1. The highest BCUT2D eigenvalue weighted by molar-refractivity contribution is 5.87. The Labute approximate surface area is 201 Å². The minimum atomic E-state index is -0.447. The van der Waals surface area contributed by atoms with Crippen LogP contribution < -0.4 is 5.32 Å². The van der Waals surface area contributed by atoms with Gasteiger partial charge in [-0.15, -0.1) is 0 Å². The molecular formula is C25H47N5O3. The van der Waals surface area contributed by atoms with Crippen LogP contribution in [0.25, 0.3) is 0 Å². The number of likely N-dealkylation sites (N-methyl/N-ethyl adjacent to an activating group) is 1. The average Bonchev–Trinajstić information content (AvgIpc) is 2.77. The van der Waals surface area contributed by atoms with Gasteiger partial charge in [0.2, 0.25) is 5.91 Å². The maximum Gasteiger partial charge on any atom is 0.407 e. The molecular weight excluding hydrogens is 418 g/mol. The van der Waals surface area contributed by atoms with E-state index in [0.29, 0.717) is 6.54 Å². The Hall–Kier alpha value is -1.64. The minimum absolute atomic E-state index is 0.168.